The smallest absolute Gasteiger partial charge is 0.122 e. The highest BCUT2D eigenvalue weighted by molar-refractivity contribution is 5.17. The van der Waals surface area contributed by atoms with E-state index in [0.717, 1.165) is 25.4 Å². The van der Waals surface area contributed by atoms with Gasteiger partial charge in [-0.3, -0.25) is 4.90 Å². The van der Waals surface area contributed by atoms with Crippen LogP contribution in [0.4, 0.5) is 0 Å². The Bertz CT molecular complexity index is 331. The summed E-state index contributed by atoms with van der Waals surface area (Å²) in [6.45, 7) is 14.0. The summed E-state index contributed by atoms with van der Waals surface area (Å²) in [5.74, 6) is 1.07. The van der Waals surface area contributed by atoms with Crippen molar-refractivity contribution in [3.05, 3.63) is 23.7 Å². The van der Waals surface area contributed by atoms with Gasteiger partial charge in [-0.15, -0.1) is 0 Å². The van der Waals surface area contributed by atoms with Gasteiger partial charge in [-0.25, -0.2) is 0 Å². The second-order valence-corrected chi connectivity index (χ2v) is 5.47. The molecule has 0 amide bonds. The van der Waals surface area contributed by atoms with Gasteiger partial charge in [0.15, 0.2) is 0 Å². The molecule has 1 rings (SSSR count). The molecule has 1 heterocycles. The van der Waals surface area contributed by atoms with Crippen LogP contribution in [0.1, 0.15) is 52.4 Å². The summed E-state index contributed by atoms with van der Waals surface area (Å²) in [5, 5.41) is 3.41. The molecule has 0 unspecified atom stereocenters. The Labute approximate surface area is 112 Å². The molecule has 0 fully saturated rings. The predicted octanol–water partition coefficient (Wildman–Crippen LogP) is 3.40. The molecule has 1 N–H and O–H groups in total. The maximum atomic E-state index is 5.58. The minimum absolute atomic E-state index is 0.486. The van der Waals surface area contributed by atoms with E-state index in [1.54, 1.807) is 6.26 Å². The van der Waals surface area contributed by atoms with Crippen molar-refractivity contribution < 1.29 is 4.42 Å². The zero-order chi connectivity index (χ0) is 13.5. The van der Waals surface area contributed by atoms with Crippen molar-refractivity contribution in [3.8, 4) is 0 Å². The molecule has 104 valence electrons. The van der Waals surface area contributed by atoms with Gasteiger partial charge in [0, 0.05) is 24.2 Å². The van der Waals surface area contributed by atoms with Gasteiger partial charge in [0.1, 0.15) is 5.76 Å². The van der Waals surface area contributed by atoms with Crippen LogP contribution in [0.5, 0.6) is 0 Å². The number of furan rings is 1. The van der Waals surface area contributed by atoms with Gasteiger partial charge in [-0.1, -0.05) is 20.8 Å². The third kappa shape index (κ3) is 4.83. The minimum Gasteiger partial charge on any atom is -0.468 e. The summed E-state index contributed by atoms with van der Waals surface area (Å²) in [4.78, 5) is 2.49. The van der Waals surface area contributed by atoms with Crippen LogP contribution in [0.25, 0.3) is 0 Å². The molecule has 0 radical (unpaired) electrons. The van der Waals surface area contributed by atoms with Crippen LogP contribution in [0.15, 0.2) is 16.7 Å². The molecule has 0 aliphatic carbocycles. The second kappa shape index (κ2) is 7.59. The van der Waals surface area contributed by atoms with Gasteiger partial charge >= 0.3 is 0 Å². The zero-order valence-corrected chi connectivity index (χ0v) is 12.5. The Morgan fingerprint density at radius 3 is 2.56 bits per heavy atom. The van der Waals surface area contributed by atoms with Crippen molar-refractivity contribution >= 4 is 0 Å². The molecule has 3 nitrogen and oxygen atoms in total. The first-order valence-corrected chi connectivity index (χ1v) is 7.07. The fourth-order valence-corrected chi connectivity index (χ4v) is 1.99. The van der Waals surface area contributed by atoms with Crippen LogP contribution in [0.3, 0.4) is 0 Å². The number of hydrogen-bond acceptors (Lipinski definition) is 3. The van der Waals surface area contributed by atoms with E-state index in [4.69, 9.17) is 4.42 Å². The average molecular weight is 252 g/mol. The Hall–Kier alpha value is -0.800. The molecule has 1 aromatic rings. The van der Waals surface area contributed by atoms with E-state index in [-0.39, 0.29) is 0 Å². The van der Waals surface area contributed by atoms with Crippen molar-refractivity contribution in [1.82, 2.24) is 10.2 Å². The number of nitrogens with zero attached hydrogens (tertiary/aromatic N) is 1. The summed E-state index contributed by atoms with van der Waals surface area (Å²) < 4.78 is 5.58. The predicted molar refractivity (Wildman–Crippen MR) is 76.5 cm³/mol. The first kappa shape index (κ1) is 15.3. The van der Waals surface area contributed by atoms with Gasteiger partial charge in [-0.2, -0.15) is 0 Å². The summed E-state index contributed by atoms with van der Waals surface area (Å²) in [6, 6.07) is 3.16. The molecule has 0 saturated heterocycles. The zero-order valence-electron chi connectivity index (χ0n) is 12.5. The number of hydrogen-bond donors (Lipinski definition) is 1. The van der Waals surface area contributed by atoms with Crippen LogP contribution in [-0.4, -0.2) is 23.5 Å². The van der Waals surface area contributed by atoms with Gasteiger partial charge in [0.25, 0.3) is 0 Å². The van der Waals surface area contributed by atoms with Crippen molar-refractivity contribution in [2.24, 2.45) is 0 Å². The first-order chi connectivity index (χ1) is 8.54. The molecular weight excluding hydrogens is 224 g/mol. The molecule has 0 aliphatic heterocycles. The number of rotatable bonds is 8. The maximum absolute atomic E-state index is 5.58. The Morgan fingerprint density at radius 1 is 1.28 bits per heavy atom. The Balaban J connectivity index is 2.62. The lowest BCUT2D eigenvalue weighted by molar-refractivity contribution is 0.211. The summed E-state index contributed by atoms with van der Waals surface area (Å²) in [7, 11) is 0. The molecule has 0 bridgehead atoms. The van der Waals surface area contributed by atoms with E-state index in [1.807, 2.05) is 0 Å². The van der Waals surface area contributed by atoms with E-state index in [1.165, 1.54) is 12.0 Å². The first-order valence-electron chi connectivity index (χ1n) is 7.07. The van der Waals surface area contributed by atoms with E-state index >= 15 is 0 Å². The summed E-state index contributed by atoms with van der Waals surface area (Å²) in [5.41, 5.74) is 1.31. The molecule has 0 aromatic carbocycles. The number of nitrogens with one attached hydrogen (secondary N) is 1. The highest BCUT2D eigenvalue weighted by atomic mass is 16.3. The standard InChI is InChI=1S/C15H28N2O/c1-6-8-17(13(4)5)11-14-7-9-18-15(14)10-16-12(2)3/h7,9,12-13,16H,6,8,10-11H2,1-5H3. The van der Waals surface area contributed by atoms with Crippen LogP contribution in [-0.2, 0) is 13.1 Å². The maximum Gasteiger partial charge on any atom is 0.122 e. The Kier molecular flexibility index (Phi) is 6.44. The lowest BCUT2D eigenvalue weighted by Crippen LogP contribution is -2.31. The summed E-state index contributed by atoms with van der Waals surface area (Å²) >= 11 is 0. The largest absolute Gasteiger partial charge is 0.468 e. The quantitative estimate of drug-likeness (QED) is 0.768. The van der Waals surface area contributed by atoms with Crippen LogP contribution in [0.2, 0.25) is 0 Å². The summed E-state index contributed by atoms with van der Waals surface area (Å²) in [6.07, 6.45) is 2.99. The lowest BCUT2D eigenvalue weighted by Gasteiger charge is -2.25. The Morgan fingerprint density at radius 2 is 2.00 bits per heavy atom. The molecular formula is C15H28N2O. The SMILES string of the molecule is CCCN(Cc1ccoc1CNC(C)C)C(C)C. The molecule has 1 aromatic heterocycles. The van der Waals surface area contributed by atoms with Gasteiger partial charge in [-0.05, 0) is 32.9 Å². The highest BCUT2D eigenvalue weighted by Crippen LogP contribution is 2.15. The average Bonchev–Trinajstić information content (AvgIpc) is 2.73. The van der Waals surface area contributed by atoms with E-state index < -0.39 is 0 Å². The van der Waals surface area contributed by atoms with Gasteiger partial charge in [0.05, 0.1) is 12.8 Å². The topological polar surface area (TPSA) is 28.4 Å². The lowest BCUT2D eigenvalue weighted by atomic mass is 10.2. The highest BCUT2D eigenvalue weighted by Gasteiger charge is 2.13. The van der Waals surface area contributed by atoms with Crippen molar-refractivity contribution in [1.29, 1.82) is 0 Å². The van der Waals surface area contributed by atoms with Crippen LogP contribution < -0.4 is 5.32 Å². The van der Waals surface area contributed by atoms with Crippen molar-refractivity contribution in [3.63, 3.8) is 0 Å². The van der Waals surface area contributed by atoms with Crippen molar-refractivity contribution in [2.45, 2.75) is 66.2 Å². The molecule has 0 spiro atoms. The molecule has 0 atom stereocenters. The van der Waals surface area contributed by atoms with E-state index in [2.05, 4.69) is 50.9 Å². The fraction of sp³-hybridized carbons (Fsp3) is 0.733. The monoisotopic (exact) mass is 252 g/mol. The molecule has 3 heteroatoms. The van der Waals surface area contributed by atoms with E-state index in [9.17, 15) is 0 Å². The molecule has 0 saturated carbocycles. The minimum atomic E-state index is 0.486. The van der Waals surface area contributed by atoms with Crippen LogP contribution >= 0.6 is 0 Å². The third-order valence-electron chi connectivity index (χ3n) is 3.12. The van der Waals surface area contributed by atoms with Gasteiger partial charge in [0.2, 0.25) is 0 Å². The third-order valence-corrected chi connectivity index (χ3v) is 3.12. The van der Waals surface area contributed by atoms with Gasteiger partial charge < -0.3 is 9.73 Å². The molecule has 0 aliphatic rings. The fourth-order valence-electron chi connectivity index (χ4n) is 1.99. The normalized spacial score (nSPS) is 12.0. The van der Waals surface area contributed by atoms with Crippen molar-refractivity contribution in [2.75, 3.05) is 6.54 Å². The van der Waals surface area contributed by atoms with Crippen LogP contribution in [0, 0.1) is 0 Å². The molecule has 18 heavy (non-hydrogen) atoms. The second-order valence-electron chi connectivity index (χ2n) is 5.47. The van der Waals surface area contributed by atoms with E-state index in [0.29, 0.717) is 12.1 Å².